The molecular weight excluding hydrogens is 176 g/mol. The van der Waals surface area contributed by atoms with Crippen LogP contribution in [-0.2, 0) is 4.74 Å². The molecule has 0 aromatic rings. The van der Waals surface area contributed by atoms with E-state index in [-0.39, 0.29) is 0 Å². The minimum absolute atomic E-state index is 0.369. The normalized spacial score (nSPS) is 13.9. The monoisotopic (exact) mass is 202 g/mol. The molecule has 0 aliphatic carbocycles. The van der Waals surface area contributed by atoms with Crippen molar-refractivity contribution < 1.29 is 4.74 Å². The summed E-state index contributed by atoms with van der Waals surface area (Å²) < 4.78 is 5.63. The predicted octanol–water partition coefficient (Wildman–Crippen LogP) is 1.99. The van der Waals surface area contributed by atoms with Gasteiger partial charge in [0.2, 0.25) is 0 Å². The van der Waals surface area contributed by atoms with E-state index in [2.05, 4.69) is 44.7 Å². The molecule has 3 nitrogen and oxygen atoms in total. The van der Waals surface area contributed by atoms with Gasteiger partial charge in [0.05, 0.1) is 12.8 Å². The maximum atomic E-state index is 5.63. The van der Waals surface area contributed by atoms with Crippen LogP contribution in [0.15, 0.2) is 0 Å². The maximum Gasteiger partial charge on any atom is 0.100 e. The van der Waals surface area contributed by atoms with Crippen LogP contribution in [0.2, 0.25) is 0 Å². The molecule has 0 saturated heterocycles. The van der Waals surface area contributed by atoms with E-state index in [1.165, 1.54) is 6.42 Å². The number of hydrogen-bond acceptors (Lipinski definition) is 3. The van der Waals surface area contributed by atoms with Gasteiger partial charge in [0.15, 0.2) is 0 Å². The van der Waals surface area contributed by atoms with Gasteiger partial charge in [-0.15, -0.1) is 0 Å². The van der Waals surface area contributed by atoms with Gasteiger partial charge in [-0.1, -0.05) is 13.8 Å². The van der Waals surface area contributed by atoms with Crippen molar-refractivity contribution in [1.29, 1.82) is 0 Å². The van der Waals surface area contributed by atoms with Gasteiger partial charge < -0.3 is 4.74 Å². The van der Waals surface area contributed by atoms with E-state index in [0.29, 0.717) is 6.10 Å². The zero-order valence-corrected chi connectivity index (χ0v) is 10.4. The average Bonchev–Trinajstić information content (AvgIpc) is 2.14. The molecule has 0 fully saturated rings. The van der Waals surface area contributed by atoms with Crippen molar-refractivity contribution in [3.8, 4) is 0 Å². The summed E-state index contributed by atoms with van der Waals surface area (Å²) >= 11 is 0. The van der Waals surface area contributed by atoms with Gasteiger partial charge in [-0.25, -0.2) is 0 Å². The summed E-state index contributed by atoms with van der Waals surface area (Å²) in [5, 5.41) is 0. The van der Waals surface area contributed by atoms with Crippen LogP contribution in [0.25, 0.3) is 0 Å². The van der Waals surface area contributed by atoms with Crippen molar-refractivity contribution in [3.63, 3.8) is 0 Å². The standard InChI is InChI=1S/C11H26N2O/c1-6-8-12(4)9-13(5)10-14-11(3)7-2/h11H,6-10H2,1-5H3. The van der Waals surface area contributed by atoms with Gasteiger partial charge in [-0.05, 0) is 40.4 Å². The molecule has 14 heavy (non-hydrogen) atoms. The SMILES string of the molecule is CCCN(C)CN(C)COC(C)CC. The van der Waals surface area contributed by atoms with E-state index < -0.39 is 0 Å². The molecule has 1 unspecified atom stereocenters. The van der Waals surface area contributed by atoms with E-state index >= 15 is 0 Å². The number of nitrogens with zero attached hydrogens (tertiary/aromatic N) is 2. The van der Waals surface area contributed by atoms with Crippen LogP contribution < -0.4 is 0 Å². The number of ether oxygens (including phenoxy) is 1. The molecule has 86 valence electrons. The average molecular weight is 202 g/mol. The fourth-order valence-electron chi connectivity index (χ4n) is 1.28. The summed E-state index contributed by atoms with van der Waals surface area (Å²) in [6.45, 7) is 9.31. The summed E-state index contributed by atoms with van der Waals surface area (Å²) in [6, 6.07) is 0. The third-order valence-corrected chi connectivity index (χ3v) is 2.24. The molecule has 0 aliphatic heterocycles. The van der Waals surface area contributed by atoms with Crippen molar-refractivity contribution >= 4 is 0 Å². The molecule has 0 bridgehead atoms. The lowest BCUT2D eigenvalue weighted by molar-refractivity contribution is -0.0215. The van der Waals surface area contributed by atoms with Crippen molar-refractivity contribution in [2.24, 2.45) is 0 Å². The molecule has 0 saturated carbocycles. The molecule has 0 heterocycles. The van der Waals surface area contributed by atoms with Crippen LogP contribution in [0.4, 0.5) is 0 Å². The van der Waals surface area contributed by atoms with Crippen LogP contribution in [-0.4, -0.2) is 49.9 Å². The van der Waals surface area contributed by atoms with Gasteiger partial charge in [0.1, 0.15) is 6.73 Å². The van der Waals surface area contributed by atoms with Crippen molar-refractivity contribution in [1.82, 2.24) is 9.80 Å². The Labute approximate surface area is 89.0 Å². The van der Waals surface area contributed by atoms with Crippen LogP contribution in [0, 0.1) is 0 Å². The molecule has 0 rings (SSSR count). The topological polar surface area (TPSA) is 15.7 Å². The Hall–Kier alpha value is -0.120. The maximum absolute atomic E-state index is 5.63. The third-order valence-electron chi connectivity index (χ3n) is 2.24. The Kier molecular flexibility index (Phi) is 8.14. The molecule has 0 aromatic heterocycles. The van der Waals surface area contributed by atoms with Crippen LogP contribution in [0.3, 0.4) is 0 Å². The highest BCUT2D eigenvalue weighted by Gasteiger charge is 2.04. The first-order valence-corrected chi connectivity index (χ1v) is 5.58. The largest absolute Gasteiger partial charge is 0.363 e. The minimum Gasteiger partial charge on any atom is -0.363 e. The Morgan fingerprint density at radius 1 is 1.14 bits per heavy atom. The molecule has 1 atom stereocenters. The van der Waals surface area contributed by atoms with Crippen molar-refractivity contribution in [2.45, 2.75) is 39.7 Å². The highest BCUT2D eigenvalue weighted by atomic mass is 16.5. The van der Waals surface area contributed by atoms with Crippen LogP contribution in [0.1, 0.15) is 33.6 Å². The molecule has 0 amide bonds. The minimum atomic E-state index is 0.369. The lowest BCUT2D eigenvalue weighted by atomic mass is 10.3. The van der Waals surface area contributed by atoms with Crippen molar-refractivity contribution in [3.05, 3.63) is 0 Å². The summed E-state index contributed by atoms with van der Waals surface area (Å²) in [6.07, 6.45) is 2.66. The lowest BCUT2D eigenvalue weighted by Crippen LogP contribution is -2.35. The van der Waals surface area contributed by atoms with E-state index in [1.807, 2.05) is 0 Å². The predicted molar refractivity (Wildman–Crippen MR) is 61.3 cm³/mol. The number of hydrogen-bond donors (Lipinski definition) is 0. The molecule has 0 N–H and O–H groups in total. The quantitative estimate of drug-likeness (QED) is 0.560. The van der Waals surface area contributed by atoms with E-state index in [4.69, 9.17) is 4.74 Å². The van der Waals surface area contributed by atoms with Gasteiger partial charge in [-0.3, -0.25) is 9.80 Å². The molecule has 0 aliphatic rings. The van der Waals surface area contributed by atoms with E-state index in [0.717, 1.165) is 26.4 Å². The molecule has 0 spiro atoms. The second kappa shape index (κ2) is 8.21. The summed E-state index contributed by atoms with van der Waals surface area (Å²) in [7, 11) is 4.23. The fourth-order valence-corrected chi connectivity index (χ4v) is 1.28. The Morgan fingerprint density at radius 2 is 1.79 bits per heavy atom. The van der Waals surface area contributed by atoms with Crippen molar-refractivity contribution in [2.75, 3.05) is 34.0 Å². The first-order chi connectivity index (χ1) is 6.60. The molecular formula is C11H26N2O. The fraction of sp³-hybridized carbons (Fsp3) is 1.00. The van der Waals surface area contributed by atoms with Gasteiger partial charge in [0, 0.05) is 0 Å². The lowest BCUT2D eigenvalue weighted by Gasteiger charge is -2.25. The Morgan fingerprint density at radius 3 is 2.29 bits per heavy atom. The Balaban J connectivity index is 3.49. The number of rotatable bonds is 8. The summed E-state index contributed by atoms with van der Waals surface area (Å²) in [5.74, 6) is 0. The summed E-state index contributed by atoms with van der Waals surface area (Å²) in [4.78, 5) is 4.50. The zero-order valence-electron chi connectivity index (χ0n) is 10.4. The molecule has 0 radical (unpaired) electrons. The Bertz CT molecular complexity index is 130. The second-order valence-corrected chi connectivity index (χ2v) is 4.09. The van der Waals surface area contributed by atoms with Crippen LogP contribution in [0.5, 0.6) is 0 Å². The first kappa shape index (κ1) is 13.9. The second-order valence-electron chi connectivity index (χ2n) is 4.09. The molecule has 0 aromatic carbocycles. The smallest absolute Gasteiger partial charge is 0.100 e. The first-order valence-electron chi connectivity index (χ1n) is 5.58. The van der Waals surface area contributed by atoms with E-state index in [9.17, 15) is 0 Å². The highest BCUT2D eigenvalue weighted by molar-refractivity contribution is 4.50. The third kappa shape index (κ3) is 7.30. The molecule has 3 heteroatoms. The van der Waals surface area contributed by atoms with Gasteiger partial charge in [-0.2, -0.15) is 0 Å². The van der Waals surface area contributed by atoms with E-state index in [1.54, 1.807) is 0 Å². The summed E-state index contributed by atoms with van der Waals surface area (Å²) in [5.41, 5.74) is 0. The van der Waals surface area contributed by atoms with Crippen LogP contribution >= 0.6 is 0 Å². The highest BCUT2D eigenvalue weighted by Crippen LogP contribution is 1.97. The zero-order chi connectivity index (χ0) is 11.0. The van der Waals surface area contributed by atoms with Gasteiger partial charge >= 0.3 is 0 Å². The van der Waals surface area contributed by atoms with Gasteiger partial charge in [0.25, 0.3) is 0 Å².